The largest absolute Gasteiger partial charge is 0.316 e. The summed E-state index contributed by atoms with van der Waals surface area (Å²) < 4.78 is 21.7. The third-order valence-electron chi connectivity index (χ3n) is 1.55. The van der Waals surface area contributed by atoms with Gasteiger partial charge in [-0.25, -0.2) is 8.42 Å². The molecule has 0 fully saturated rings. The van der Waals surface area contributed by atoms with Crippen molar-refractivity contribution >= 4 is 9.84 Å². The molecule has 0 radical (unpaired) electrons. The highest BCUT2D eigenvalue weighted by Crippen LogP contribution is 1.98. The molecule has 0 rings (SSSR count). The lowest BCUT2D eigenvalue weighted by Crippen LogP contribution is -2.32. The van der Waals surface area contributed by atoms with Gasteiger partial charge in [-0.2, -0.15) is 0 Å². The molecule has 1 unspecified atom stereocenters. The van der Waals surface area contributed by atoms with E-state index in [1.165, 1.54) is 6.26 Å². The number of hydrogen-bond acceptors (Lipinski definition) is 3. The molecule has 68 valence electrons. The molecule has 1 atom stereocenters. The first kappa shape index (κ1) is 10.9. The summed E-state index contributed by atoms with van der Waals surface area (Å²) in [6.07, 6.45) is 3.21. The Hall–Kier alpha value is -0.0900. The van der Waals surface area contributed by atoms with E-state index in [2.05, 4.69) is 5.32 Å². The minimum Gasteiger partial charge on any atom is -0.316 e. The Morgan fingerprint density at radius 3 is 2.27 bits per heavy atom. The van der Waals surface area contributed by atoms with Crippen LogP contribution >= 0.6 is 0 Å². The van der Waals surface area contributed by atoms with Gasteiger partial charge in [-0.05, 0) is 13.5 Å². The molecule has 0 aromatic heterocycles. The van der Waals surface area contributed by atoms with Crippen molar-refractivity contribution in [3.05, 3.63) is 0 Å². The fourth-order valence-electron chi connectivity index (χ4n) is 1.02. The molecule has 0 saturated heterocycles. The van der Waals surface area contributed by atoms with Crippen LogP contribution in [0, 0.1) is 0 Å². The molecule has 0 spiro atoms. The first-order valence-electron chi connectivity index (χ1n) is 3.84. The summed E-state index contributed by atoms with van der Waals surface area (Å²) in [5.74, 6) is 0.247. The third kappa shape index (κ3) is 6.31. The summed E-state index contributed by atoms with van der Waals surface area (Å²) in [4.78, 5) is 0. The van der Waals surface area contributed by atoms with Crippen molar-refractivity contribution in [3.63, 3.8) is 0 Å². The van der Waals surface area contributed by atoms with E-state index in [4.69, 9.17) is 0 Å². The van der Waals surface area contributed by atoms with E-state index < -0.39 is 9.84 Å². The maximum Gasteiger partial charge on any atom is 0.148 e. The Morgan fingerprint density at radius 1 is 1.45 bits per heavy atom. The Bertz CT molecular complexity index is 187. The molecule has 4 heteroatoms. The van der Waals surface area contributed by atoms with E-state index in [1.54, 1.807) is 7.05 Å². The first-order chi connectivity index (χ1) is 4.99. The van der Waals surface area contributed by atoms with Gasteiger partial charge in [-0.1, -0.05) is 13.3 Å². The van der Waals surface area contributed by atoms with Gasteiger partial charge in [0.25, 0.3) is 0 Å². The lowest BCUT2D eigenvalue weighted by atomic mass is 10.2. The maximum atomic E-state index is 10.8. The highest BCUT2D eigenvalue weighted by Gasteiger charge is 2.11. The van der Waals surface area contributed by atoms with Crippen LogP contribution in [0.2, 0.25) is 0 Å². The molecule has 0 aromatic rings. The third-order valence-corrected chi connectivity index (χ3v) is 2.56. The fourth-order valence-corrected chi connectivity index (χ4v) is 2.09. The second-order valence-electron chi connectivity index (χ2n) is 2.87. The topological polar surface area (TPSA) is 46.2 Å². The number of rotatable bonds is 5. The Kier molecular flexibility index (Phi) is 4.68. The fraction of sp³-hybridized carbons (Fsp3) is 1.00. The monoisotopic (exact) mass is 179 g/mol. The van der Waals surface area contributed by atoms with Crippen LogP contribution in [0.25, 0.3) is 0 Å². The minimum absolute atomic E-state index is 0.120. The van der Waals surface area contributed by atoms with Crippen molar-refractivity contribution in [2.45, 2.75) is 25.8 Å². The van der Waals surface area contributed by atoms with E-state index in [-0.39, 0.29) is 11.8 Å². The van der Waals surface area contributed by atoms with Crippen LogP contribution in [0.4, 0.5) is 0 Å². The summed E-state index contributed by atoms with van der Waals surface area (Å²) in [7, 11) is -1.02. The molecule has 3 nitrogen and oxygen atoms in total. The van der Waals surface area contributed by atoms with Gasteiger partial charge < -0.3 is 5.32 Å². The van der Waals surface area contributed by atoms with Crippen molar-refractivity contribution in [2.24, 2.45) is 0 Å². The Morgan fingerprint density at radius 2 is 2.00 bits per heavy atom. The van der Waals surface area contributed by atoms with Crippen LogP contribution in [0.1, 0.15) is 19.8 Å². The SMILES string of the molecule is CCCC(CS(C)(=O)=O)NC. The second kappa shape index (κ2) is 4.72. The molecule has 0 aliphatic heterocycles. The summed E-state index contributed by atoms with van der Waals surface area (Å²) in [5.41, 5.74) is 0. The predicted molar refractivity (Wildman–Crippen MR) is 47.5 cm³/mol. The lowest BCUT2D eigenvalue weighted by Gasteiger charge is -2.12. The van der Waals surface area contributed by atoms with Crippen LogP contribution < -0.4 is 5.32 Å². The molecule has 0 saturated carbocycles. The molecule has 0 bridgehead atoms. The van der Waals surface area contributed by atoms with E-state index in [9.17, 15) is 8.42 Å². The van der Waals surface area contributed by atoms with Crippen LogP contribution in [-0.4, -0.2) is 33.5 Å². The highest BCUT2D eigenvalue weighted by atomic mass is 32.2. The van der Waals surface area contributed by atoms with Gasteiger partial charge >= 0.3 is 0 Å². The van der Waals surface area contributed by atoms with E-state index in [0.29, 0.717) is 0 Å². The second-order valence-corrected chi connectivity index (χ2v) is 5.05. The van der Waals surface area contributed by atoms with Gasteiger partial charge in [0, 0.05) is 12.3 Å². The van der Waals surface area contributed by atoms with Crippen molar-refractivity contribution in [3.8, 4) is 0 Å². The van der Waals surface area contributed by atoms with Crippen molar-refractivity contribution in [2.75, 3.05) is 19.1 Å². The van der Waals surface area contributed by atoms with Crippen LogP contribution in [0.5, 0.6) is 0 Å². The van der Waals surface area contributed by atoms with E-state index >= 15 is 0 Å². The molecular weight excluding hydrogens is 162 g/mol. The van der Waals surface area contributed by atoms with Crippen LogP contribution in [-0.2, 0) is 9.84 Å². The van der Waals surface area contributed by atoms with Crippen molar-refractivity contribution in [1.82, 2.24) is 5.32 Å². The predicted octanol–water partition coefficient (Wildman–Crippen LogP) is 0.419. The maximum absolute atomic E-state index is 10.8. The van der Waals surface area contributed by atoms with Crippen LogP contribution in [0.3, 0.4) is 0 Å². The molecule has 0 aliphatic carbocycles. The molecule has 0 aromatic carbocycles. The molecule has 0 amide bonds. The molecule has 0 aliphatic rings. The number of nitrogens with one attached hydrogen (secondary N) is 1. The zero-order chi connectivity index (χ0) is 8.91. The quantitative estimate of drug-likeness (QED) is 0.665. The van der Waals surface area contributed by atoms with E-state index in [1.807, 2.05) is 6.92 Å². The van der Waals surface area contributed by atoms with Gasteiger partial charge in [-0.3, -0.25) is 0 Å². The van der Waals surface area contributed by atoms with Crippen molar-refractivity contribution in [1.29, 1.82) is 0 Å². The Labute approximate surface area is 69.1 Å². The van der Waals surface area contributed by atoms with Gasteiger partial charge in [0.15, 0.2) is 0 Å². The van der Waals surface area contributed by atoms with Crippen LogP contribution in [0.15, 0.2) is 0 Å². The first-order valence-corrected chi connectivity index (χ1v) is 5.90. The molecule has 0 heterocycles. The van der Waals surface area contributed by atoms with Gasteiger partial charge in [0.2, 0.25) is 0 Å². The summed E-state index contributed by atoms with van der Waals surface area (Å²) >= 11 is 0. The highest BCUT2D eigenvalue weighted by molar-refractivity contribution is 7.90. The summed E-state index contributed by atoms with van der Waals surface area (Å²) in [5, 5.41) is 2.98. The summed E-state index contributed by atoms with van der Waals surface area (Å²) in [6.45, 7) is 2.05. The molecule has 11 heavy (non-hydrogen) atoms. The average molecular weight is 179 g/mol. The van der Waals surface area contributed by atoms with Crippen molar-refractivity contribution < 1.29 is 8.42 Å². The lowest BCUT2D eigenvalue weighted by molar-refractivity contribution is 0.539. The Balaban J connectivity index is 3.88. The number of hydrogen-bond donors (Lipinski definition) is 1. The zero-order valence-electron chi connectivity index (χ0n) is 7.42. The van der Waals surface area contributed by atoms with E-state index in [0.717, 1.165) is 12.8 Å². The number of sulfone groups is 1. The van der Waals surface area contributed by atoms with Gasteiger partial charge in [0.1, 0.15) is 9.84 Å². The average Bonchev–Trinajstić information content (AvgIpc) is 1.84. The molecule has 1 N–H and O–H groups in total. The van der Waals surface area contributed by atoms with Gasteiger partial charge in [-0.15, -0.1) is 0 Å². The summed E-state index contributed by atoms with van der Waals surface area (Å²) in [6, 6.07) is 0.120. The minimum atomic E-state index is -2.82. The van der Waals surface area contributed by atoms with Gasteiger partial charge in [0.05, 0.1) is 5.75 Å². The molecular formula is C7H17NO2S. The standard InChI is InChI=1S/C7H17NO2S/c1-4-5-7(8-2)6-11(3,9)10/h7-8H,4-6H2,1-3H3. The smallest absolute Gasteiger partial charge is 0.148 e. The normalized spacial score (nSPS) is 14.8. The zero-order valence-corrected chi connectivity index (χ0v) is 8.24.